The molecule has 0 unspecified atom stereocenters. The second kappa shape index (κ2) is 11.3. The number of rotatable bonds is 8. The van der Waals surface area contributed by atoms with E-state index in [0.717, 1.165) is 61.9 Å². The number of nitrogens with one attached hydrogen (secondary N) is 2. The van der Waals surface area contributed by atoms with Gasteiger partial charge < -0.3 is 24.8 Å². The van der Waals surface area contributed by atoms with Crippen molar-refractivity contribution in [2.45, 2.75) is 13.5 Å². The van der Waals surface area contributed by atoms with E-state index in [0.29, 0.717) is 18.0 Å². The fourth-order valence-electron chi connectivity index (χ4n) is 2.73. The predicted molar refractivity (Wildman–Crippen MR) is 107 cm³/mol. The molecule has 1 aliphatic rings. The Morgan fingerprint density at radius 3 is 2.65 bits per heavy atom. The van der Waals surface area contributed by atoms with Crippen LogP contribution in [-0.2, 0) is 11.3 Å². The van der Waals surface area contributed by atoms with Gasteiger partial charge in [-0.3, -0.25) is 4.90 Å². The molecule has 1 fully saturated rings. The van der Waals surface area contributed by atoms with Gasteiger partial charge in [0.1, 0.15) is 0 Å². The molecule has 26 heavy (non-hydrogen) atoms. The third-order valence-corrected chi connectivity index (χ3v) is 4.67. The summed E-state index contributed by atoms with van der Waals surface area (Å²) in [5.74, 6) is 2.19. The lowest BCUT2D eigenvalue weighted by atomic mass is 10.2. The normalized spacial score (nSPS) is 15.6. The summed E-state index contributed by atoms with van der Waals surface area (Å²) in [5, 5.41) is 6.68. The molecule has 0 saturated carbocycles. The number of methoxy groups -OCH3 is 2. The van der Waals surface area contributed by atoms with Gasteiger partial charge in [0, 0.05) is 32.7 Å². The molecular weight excluding hydrogens is 400 g/mol. The molecule has 0 bridgehead atoms. The number of ether oxygens (including phenoxy) is 3. The molecule has 0 amide bonds. The van der Waals surface area contributed by atoms with Crippen molar-refractivity contribution in [2.24, 2.45) is 4.99 Å². The van der Waals surface area contributed by atoms with Gasteiger partial charge in [-0.2, -0.15) is 0 Å². The summed E-state index contributed by atoms with van der Waals surface area (Å²) >= 11 is 3.52. The number of aliphatic imine (C=N–C) groups is 1. The van der Waals surface area contributed by atoms with Crippen LogP contribution in [-0.4, -0.2) is 71.0 Å². The zero-order valence-electron chi connectivity index (χ0n) is 15.8. The molecule has 0 atom stereocenters. The van der Waals surface area contributed by atoms with Gasteiger partial charge >= 0.3 is 0 Å². The highest BCUT2D eigenvalue weighted by Crippen LogP contribution is 2.36. The van der Waals surface area contributed by atoms with Crippen molar-refractivity contribution >= 4 is 21.9 Å². The Hall–Kier alpha value is -1.51. The third kappa shape index (κ3) is 6.34. The molecule has 146 valence electrons. The molecule has 1 heterocycles. The van der Waals surface area contributed by atoms with E-state index in [9.17, 15) is 0 Å². The lowest BCUT2D eigenvalue weighted by Crippen LogP contribution is -2.44. The Bertz CT molecular complexity index is 592. The molecule has 0 radical (unpaired) electrons. The molecule has 7 nitrogen and oxygen atoms in total. The van der Waals surface area contributed by atoms with Crippen molar-refractivity contribution in [3.05, 3.63) is 22.2 Å². The average molecular weight is 429 g/mol. The van der Waals surface area contributed by atoms with E-state index in [-0.39, 0.29) is 0 Å². The second-order valence-corrected chi connectivity index (χ2v) is 6.74. The summed E-state index contributed by atoms with van der Waals surface area (Å²) in [6.45, 7) is 8.89. The second-order valence-electron chi connectivity index (χ2n) is 5.89. The van der Waals surface area contributed by atoms with E-state index in [4.69, 9.17) is 14.2 Å². The van der Waals surface area contributed by atoms with E-state index in [1.54, 1.807) is 14.2 Å². The minimum absolute atomic E-state index is 0.547. The summed E-state index contributed by atoms with van der Waals surface area (Å²) in [6, 6.07) is 3.95. The van der Waals surface area contributed by atoms with Crippen LogP contribution in [0.5, 0.6) is 11.5 Å². The first-order valence-corrected chi connectivity index (χ1v) is 9.70. The summed E-state index contributed by atoms with van der Waals surface area (Å²) in [6.07, 6.45) is 0. The van der Waals surface area contributed by atoms with E-state index in [2.05, 4.69) is 43.4 Å². The largest absolute Gasteiger partial charge is 0.493 e. The summed E-state index contributed by atoms with van der Waals surface area (Å²) in [4.78, 5) is 7.07. The van der Waals surface area contributed by atoms with Crippen LogP contribution in [0.2, 0.25) is 0 Å². The number of benzene rings is 1. The molecule has 1 aliphatic heterocycles. The zero-order valence-corrected chi connectivity index (χ0v) is 17.4. The monoisotopic (exact) mass is 428 g/mol. The lowest BCUT2D eigenvalue weighted by Gasteiger charge is -2.26. The number of guanidine groups is 1. The molecule has 0 spiro atoms. The van der Waals surface area contributed by atoms with Crippen LogP contribution < -0.4 is 20.1 Å². The van der Waals surface area contributed by atoms with Crippen LogP contribution in [0.25, 0.3) is 0 Å². The molecular formula is C18H29BrN4O3. The van der Waals surface area contributed by atoms with E-state index in [1.807, 2.05) is 12.1 Å². The Kier molecular flexibility index (Phi) is 9.00. The van der Waals surface area contributed by atoms with Crippen molar-refractivity contribution in [3.63, 3.8) is 0 Å². The Balaban J connectivity index is 1.94. The zero-order chi connectivity index (χ0) is 18.8. The van der Waals surface area contributed by atoms with Gasteiger partial charge in [-0.1, -0.05) is 0 Å². The number of nitrogens with zero attached hydrogens (tertiary/aromatic N) is 2. The summed E-state index contributed by atoms with van der Waals surface area (Å²) in [5.41, 5.74) is 1.04. The fourth-order valence-corrected chi connectivity index (χ4v) is 3.38. The minimum Gasteiger partial charge on any atom is -0.493 e. The summed E-state index contributed by atoms with van der Waals surface area (Å²) in [7, 11) is 3.26. The molecule has 1 aromatic carbocycles. The maximum absolute atomic E-state index is 5.39. The first-order valence-electron chi connectivity index (χ1n) is 8.90. The molecule has 8 heteroatoms. The van der Waals surface area contributed by atoms with Crippen LogP contribution in [0.3, 0.4) is 0 Å². The molecule has 2 N–H and O–H groups in total. The first-order chi connectivity index (χ1) is 12.7. The third-order valence-electron chi connectivity index (χ3n) is 4.08. The van der Waals surface area contributed by atoms with Crippen molar-refractivity contribution in [3.8, 4) is 11.5 Å². The van der Waals surface area contributed by atoms with Crippen molar-refractivity contribution in [1.29, 1.82) is 0 Å². The molecule has 0 aromatic heterocycles. The van der Waals surface area contributed by atoms with Crippen LogP contribution >= 0.6 is 15.9 Å². The van der Waals surface area contributed by atoms with Gasteiger partial charge in [0.05, 0.1) is 38.5 Å². The summed E-state index contributed by atoms with van der Waals surface area (Å²) < 4.78 is 17.0. The highest BCUT2D eigenvalue weighted by atomic mass is 79.9. The van der Waals surface area contributed by atoms with E-state index < -0.39 is 0 Å². The maximum Gasteiger partial charge on any atom is 0.191 e. The van der Waals surface area contributed by atoms with Crippen LogP contribution in [0.4, 0.5) is 0 Å². The Morgan fingerprint density at radius 2 is 2.00 bits per heavy atom. The molecule has 1 aromatic rings. The SMILES string of the molecule is CCNC(=NCc1cc(Br)c(OC)c(OC)c1)NCCN1CCOCC1. The standard InChI is InChI=1S/C18H29BrN4O3/c1-4-20-18(21-5-6-23-7-9-26-10-8-23)22-13-14-11-15(19)17(25-3)16(12-14)24-2/h11-12H,4-10,13H2,1-3H3,(H2,20,21,22). The van der Waals surface area contributed by atoms with Gasteiger partial charge in [0.15, 0.2) is 17.5 Å². The first kappa shape index (κ1) is 20.8. The smallest absolute Gasteiger partial charge is 0.191 e. The fraction of sp³-hybridized carbons (Fsp3) is 0.611. The Morgan fingerprint density at radius 1 is 1.23 bits per heavy atom. The van der Waals surface area contributed by atoms with Gasteiger partial charge in [-0.25, -0.2) is 4.99 Å². The van der Waals surface area contributed by atoms with Gasteiger partial charge in [0.2, 0.25) is 0 Å². The number of hydrogen-bond donors (Lipinski definition) is 2. The molecule has 2 rings (SSSR count). The minimum atomic E-state index is 0.547. The van der Waals surface area contributed by atoms with Crippen LogP contribution in [0.15, 0.2) is 21.6 Å². The highest BCUT2D eigenvalue weighted by molar-refractivity contribution is 9.10. The van der Waals surface area contributed by atoms with Crippen molar-refractivity contribution in [2.75, 3.05) is 60.2 Å². The van der Waals surface area contributed by atoms with Gasteiger partial charge in [0.25, 0.3) is 0 Å². The van der Waals surface area contributed by atoms with Crippen molar-refractivity contribution in [1.82, 2.24) is 15.5 Å². The van der Waals surface area contributed by atoms with E-state index >= 15 is 0 Å². The van der Waals surface area contributed by atoms with Gasteiger partial charge in [-0.05, 0) is 40.5 Å². The van der Waals surface area contributed by atoms with Crippen LogP contribution in [0.1, 0.15) is 12.5 Å². The van der Waals surface area contributed by atoms with Gasteiger partial charge in [-0.15, -0.1) is 0 Å². The maximum atomic E-state index is 5.39. The van der Waals surface area contributed by atoms with Crippen LogP contribution in [0, 0.1) is 0 Å². The van der Waals surface area contributed by atoms with E-state index in [1.165, 1.54) is 0 Å². The Labute approximate surface area is 164 Å². The number of morpholine rings is 1. The quantitative estimate of drug-likeness (QED) is 0.486. The number of hydrogen-bond acceptors (Lipinski definition) is 5. The predicted octanol–water partition coefficient (Wildman–Crippen LogP) is 1.85. The topological polar surface area (TPSA) is 67.4 Å². The highest BCUT2D eigenvalue weighted by Gasteiger charge is 2.11. The van der Waals surface area contributed by atoms with Crippen molar-refractivity contribution < 1.29 is 14.2 Å². The number of halogens is 1. The molecule has 0 aliphatic carbocycles. The molecule has 1 saturated heterocycles. The average Bonchev–Trinajstić information content (AvgIpc) is 2.66. The lowest BCUT2D eigenvalue weighted by molar-refractivity contribution is 0.0389.